The second kappa shape index (κ2) is 11.4. The fraction of sp³-hybridized carbons (Fsp3) is 0.379. The molecule has 0 radical (unpaired) electrons. The minimum atomic E-state index is -5.08. The van der Waals surface area contributed by atoms with Crippen molar-refractivity contribution in [2.75, 3.05) is 30.0 Å². The van der Waals surface area contributed by atoms with Gasteiger partial charge in [0, 0.05) is 29.7 Å². The Labute approximate surface area is 243 Å². The molecule has 0 spiro atoms. The van der Waals surface area contributed by atoms with Crippen molar-refractivity contribution >= 4 is 29.0 Å². The van der Waals surface area contributed by atoms with Crippen molar-refractivity contribution in [2.45, 2.75) is 50.2 Å². The van der Waals surface area contributed by atoms with E-state index in [-0.39, 0.29) is 24.9 Å². The molecule has 0 aliphatic carbocycles. The van der Waals surface area contributed by atoms with Gasteiger partial charge in [-0.25, -0.2) is 4.98 Å². The van der Waals surface area contributed by atoms with E-state index in [9.17, 15) is 41.4 Å². The normalized spacial score (nSPS) is 18.0. The van der Waals surface area contributed by atoms with Crippen LogP contribution < -0.4 is 9.80 Å². The zero-order valence-corrected chi connectivity index (χ0v) is 23.5. The maximum Gasteiger partial charge on any atom is 0.416 e. The van der Waals surface area contributed by atoms with E-state index in [4.69, 9.17) is 11.6 Å². The molecule has 13 heteroatoms. The Morgan fingerprint density at radius 3 is 2.12 bits per heavy atom. The van der Waals surface area contributed by atoms with Crippen LogP contribution in [0.2, 0.25) is 5.02 Å². The van der Waals surface area contributed by atoms with Gasteiger partial charge >= 0.3 is 12.4 Å². The Morgan fingerprint density at radius 1 is 1.00 bits per heavy atom. The van der Waals surface area contributed by atoms with Crippen LogP contribution >= 0.6 is 11.6 Å². The number of pyridine rings is 1. The molecule has 1 aromatic heterocycles. The second-order valence-corrected chi connectivity index (χ2v) is 11.1. The van der Waals surface area contributed by atoms with E-state index in [1.807, 2.05) is 0 Å². The number of benzene rings is 2. The third kappa shape index (κ3) is 6.20. The molecule has 42 heavy (non-hydrogen) atoms. The molecule has 2 aromatic carbocycles. The highest BCUT2D eigenvalue weighted by molar-refractivity contribution is 6.33. The molecular formula is C29H28ClF6N3O3. The molecule has 0 saturated carbocycles. The lowest BCUT2D eigenvalue weighted by Gasteiger charge is -2.32. The summed E-state index contributed by atoms with van der Waals surface area (Å²) in [5.74, 6) is -0.431. The first-order valence-electron chi connectivity index (χ1n) is 12.8. The highest BCUT2D eigenvalue weighted by Gasteiger charge is 2.41. The summed E-state index contributed by atoms with van der Waals surface area (Å²) < 4.78 is 81.3. The van der Waals surface area contributed by atoms with E-state index in [1.54, 1.807) is 35.2 Å². The summed E-state index contributed by atoms with van der Waals surface area (Å²) >= 11 is 6.48. The smallest absolute Gasteiger partial charge is 0.394 e. The Balaban J connectivity index is 1.82. The number of aliphatic hydroxyl groups excluding tert-OH is 2. The van der Waals surface area contributed by atoms with Gasteiger partial charge in [-0.1, -0.05) is 29.8 Å². The largest absolute Gasteiger partial charge is 0.416 e. The van der Waals surface area contributed by atoms with Gasteiger partial charge < -0.3 is 20.0 Å². The maximum absolute atomic E-state index is 13.9. The number of rotatable bonds is 6. The van der Waals surface area contributed by atoms with Crippen molar-refractivity contribution in [1.82, 2.24) is 4.98 Å². The Morgan fingerprint density at radius 2 is 1.57 bits per heavy atom. The van der Waals surface area contributed by atoms with E-state index >= 15 is 0 Å². The lowest BCUT2D eigenvalue weighted by molar-refractivity contribution is -0.143. The van der Waals surface area contributed by atoms with Crippen molar-refractivity contribution < 1.29 is 41.4 Å². The summed E-state index contributed by atoms with van der Waals surface area (Å²) in [6.45, 7) is 2.44. The molecule has 6 nitrogen and oxygen atoms in total. The minimum Gasteiger partial charge on any atom is -0.394 e. The molecule has 226 valence electrons. The summed E-state index contributed by atoms with van der Waals surface area (Å²) in [7, 11) is 1.34. The molecule has 0 unspecified atom stereocenters. The van der Waals surface area contributed by atoms with Gasteiger partial charge in [0.05, 0.1) is 47.2 Å². The van der Waals surface area contributed by atoms with E-state index in [0.717, 1.165) is 4.90 Å². The number of carbonyl (C=O) groups excluding carboxylic acids is 1. The number of β-amino-alcohol motifs (C(OH)–C–C–N with tert-alkyl or cyclic N) is 1. The standard InChI is InChI=1S/C29H28ClF6N3O3/c1-27(2,16-8-17(28(31,32)33)10-18(9-16)29(34,35)36)26(42)38(3)24-13-37-25(39-14-20(41)11-19(39)15-40)12-22(24)21-6-4-5-7-23(21)30/h4-10,12-13,19-20,40-41H,11,14-15H2,1-3H3/t19-,20+/m0/s1. The summed E-state index contributed by atoms with van der Waals surface area (Å²) in [6.07, 6.45) is -9.20. The van der Waals surface area contributed by atoms with Crippen LogP contribution in [0, 0.1) is 0 Å². The quantitative estimate of drug-likeness (QED) is 0.318. The topological polar surface area (TPSA) is 76.9 Å². The van der Waals surface area contributed by atoms with Gasteiger partial charge in [-0.15, -0.1) is 0 Å². The summed E-state index contributed by atoms with van der Waals surface area (Å²) in [5.41, 5.74) is -4.29. The van der Waals surface area contributed by atoms with Crippen molar-refractivity contribution in [3.05, 3.63) is 76.4 Å². The first-order valence-corrected chi connectivity index (χ1v) is 13.2. The molecule has 4 rings (SSSR count). The third-order valence-electron chi connectivity index (χ3n) is 7.44. The summed E-state index contributed by atoms with van der Waals surface area (Å²) in [6, 6.07) is 8.99. The van der Waals surface area contributed by atoms with Crippen molar-refractivity contribution in [2.24, 2.45) is 0 Å². The third-order valence-corrected chi connectivity index (χ3v) is 7.77. The molecule has 1 amide bonds. The van der Waals surface area contributed by atoms with E-state index in [2.05, 4.69) is 4.98 Å². The Hall–Kier alpha value is -3.35. The first kappa shape index (κ1) is 31.6. The van der Waals surface area contributed by atoms with Crippen LogP contribution in [0.5, 0.6) is 0 Å². The fourth-order valence-electron chi connectivity index (χ4n) is 5.07. The van der Waals surface area contributed by atoms with Crippen LogP contribution in [-0.4, -0.2) is 53.4 Å². The monoisotopic (exact) mass is 615 g/mol. The van der Waals surface area contributed by atoms with Crippen LogP contribution in [0.15, 0.2) is 54.7 Å². The number of aromatic nitrogens is 1. The lowest BCUT2D eigenvalue weighted by atomic mass is 9.81. The molecule has 2 N–H and O–H groups in total. The molecule has 3 aromatic rings. The fourth-order valence-corrected chi connectivity index (χ4v) is 5.31. The van der Waals surface area contributed by atoms with Gasteiger partial charge in [-0.05, 0) is 56.2 Å². The molecule has 1 aliphatic heterocycles. The molecule has 1 fully saturated rings. The number of carbonyl (C=O) groups is 1. The van der Waals surface area contributed by atoms with Gasteiger partial charge in [0.2, 0.25) is 5.91 Å². The van der Waals surface area contributed by atoms with E-state index in [0.29, 0.717) is 40.5 Å². The maximum atomic E-state index is 13.9. The highest BCUT2D eigenvalue weighted by atomic mass is 35.5. The average Bonchev–Trinajstić information content (AvgIpc) is 3.31. The number of likely N-dealkylation sites (N-methyl/N-ethyl adjacent to an activating group) is 1. The van der Waals surface area contributed by atoms with Crippen LogP contribution in [0.4, 0.5) is 37.8 Å². The second-order valence-electron chi connectivity index (χ2n) is 10.7. The van der Waals surface area contributed by atoms with E-state index in [1.165, 1.54) is 27.1 Å². The highest BCUT2D eigenvalue weighted by Crippen LogP contribution is 2.42. The van der Waals surface area contributed by atoms with E-state index < -0.39 is 52.5 Å². The molecule has 2 atom stereocenters. The van der Waals surface area contributed by atoms with Gasteiger partial charge in [0.25, 0.3) is 0 Å². The van der Waals surface area contributed by atoms with Crippen LogP contribution in [0.1, 0.15) is 37.0 Å². The van der Waals surface area contributed by atoms with Crippen molar-refractivity contribution in [3.63, 3.8) is 0 Å². The summed E-state index contributed by atoms with van der Waals surface area (Å²) in [4.78, 5) is 21.1. The van der Waals surface area contributed by atoms with Gasteiger partial charge in [-0.2, -0.15) is 26.3 Å². The molecular weight excluding hydrogens is 588 g/mol. The van der Waals surface area contributed by atoms with Gasteiger partial charge in [-0.3, -0.25) is 4.79 Å². The Kier molecular flexibility index (Phi) is 8.56. The number of anilines is 2. The predicted octanol–water partition coefficient (Wildman–Crippen LogP) is 6.31. The lowest BCUT2D eigenvalue weighted by Crippen LogP contribution is -2.42. The van der Waals surface area contributed by atoms with Crippen LogP contribution in [-0.2, 0) is 22.6 Å². The first-order chi connectivity index (χ1) is 19.4. The van der Waals surface area contributed by atoms with Gasteiger partial charge in [0.1, 0.15) is 5.82 Å². The number of hydrogen-bond acceptors (Lipinski definition) is 5. The predicted molar refractivity (Wildman–Crippen MR) is 146 cm³/mol. The molecule has 2 heterocycles. The molecule has 1 aliphatic rings. The zero-order chi connectivity index (χ0) is 31.2. The van der Waals surface area contributed by atoms with Crippen molar-refractivity contribution in [3.8, 4) is 11.1 Å². The Bertz CT molecular complexity index is 1450. The minimum absolute atomic E-state index is 0.0147. The average molecular weight is 616 g/mol. The van der Waals surface area contributed by atoms with Crippen LogP contribution in [0.3, 0.4) is 0 Å². The zero-order valence-electron chi connectivity index (χ0n) is 22.8. The molecule has 1 saturated heterocycles. The number of alkyl halides is 6. The summed E-state index contributed by atoms with van der Waals surface area (Å²) in [5, 5.41) is 20.3. The SMILES string of the molecule is CN(C(=O)C(C)(C)c1cc(C(F)(F)F)cc(C(F)(F)F)c1)c1cnc(N2C[C@H](O)C[C@H]2CO)cc1-c1ccccc1Cl. The molecule has 0 bridgehead atoms. The number of nitrogens with zero attached hydrogens (tertiary/aromatic N) is 3. The number of aliphatic hydroxyl groups is 2. The number of hydrogen-bond donors (Lipinski definition) is 2. The van der Waals surface area contributed by atoms with Gasteiger partial charge in [0.15, 0.2) is 0 Å². The number of halogens is 7. The number of amides is 1. The van der Waals surface area contributed by atoms with Crippen molar-refractivity contribution in [1.29, 1.82) is 0 Å². The van der Waals surface area contributed by atoms with Crippen LogP contribution in [0.25, 0.3) is 11.1 Å².